The molecule has 0 bridgehead atoms. The fourth-order valence-corrected chi connectivity index (χ4v) is 2.38. The summed E-state index contributed by atoms with van der Waals surface area (Å²) in [6.07, 6.45) is 0. The third kappa shape index (κ3) is 3.75. The maximum atomic E-state index is 6.04. The molecule has 0 atom stereocenters. The minimum atomic E-state index is 0.109. The summed E-state index contributed by atoms with van der Waals surface area (Å²) in [5, 5.41) is 8.93. The summed E-state index contributed by atoms with van der Waals surface area (Å²) < 4.78 is 16.3. The van der Waals surface area contributed by atoms with E-state index < -0.39 is 0 Å². The first-order chi connectivity index (χ1) is 11.2. The van der Waals surface area contributed by atoms with Crippen molar-refractivity contribution in [3.8, 4) is 23.0 Å². The van der Waals surface area contributed by atoms with Gasteiger partial charge in [0.15, 0.2) is 6.61 Å². The lowest BCUT2D eigenvalue weighted by molar-refractivity contribution is 0.264. The number of rotatable bonds is 5. The molecule has 0 amide bonds. The Kier molecular flexibility index (Phi) is 4.69. The normalized spacial score (nSPS) is 10.6. The fraction of sp³-hybridized carbons (Fsp3) is 0.125. The maximum absolute atomic E-state index is 6.04. The Morgan fingerprint density at radius 1 is 1.09 bits per heavy atom. The highest BCUT2D eigenvalue weighted by molar-refractivity contribution is 6.35. The van der Waals surface area contributed by atoms with Gasteiger partial charge in [-0.05, 0) is 36.4 Å². The van der Waals surface area contributed by atoms with Gasteiger partial charge in [-0.2, -0.15) is 0 Å². The third-order valence-corrected chi connectivity index (χ3v) is 3.56. The zero-order chi connectivity index (χ0) is 16.2. The molecule has 0 radical (unpaired) electrons. The van der Waals surface area contributed by atoms with Crippen LogP contribution in [0.5, 0.6) is 11.5 Å². The predicted octanol–water partition coefficient (Wildman–Crippen LogP) is 4.63. The number of hydrogen-bond donors (Lipinski definition) is 0. The zero-order valence-corrected chi connectivity index (χ0v) is 13.6. The fourth-order valence-electron chi connectivity index (χ4n) is 1.92. The van der Waals surface area contributed by atoms with Gasteiger partial charge < -0.3 is 13.9 Å². The average Bonchev–Trinajstić information content (AvgIpc) is 3.03. The van der Waals surface area contributed by atoms with Crippen LogP contribution < -0.4 is 9.47 Å². The van der Waals surface area contributed by atoms with E-state index in [2.05, 4.69) is 10.2 Å². The molecule has 0 aliphatic carbocycles. The van der Waals surface area contributed by atoms with Crippen molar-refractivity contribution in [3.05, 3.63) is 58.4 Å². The number of ether oxygens (including phenoxy) is 2. The van der Waals surface area contributed by atoms with E-state index in [1.165, 1.54) is 0 Å². The first-order valence-electron chi connectivity index (χ1n) is 6.70. The second-order valence-corrected chi connectivity index (χ2v) is 5.44. The van der Waals surface area contributed by atoms with E-state index in [0.717, 1.165) is 5.56 Å². The lowest BCUT2D eigenvalue weighted by Gasteiger charge is -2.05. The second-order valence-electron chi connectivity index (χ2n) is 4.60. The van der Waals surface area contributed by atoms with Crippen molar-refractivity contribution in [2.75, 3.05) is 7.11 Å². The molecule has 0 aliphatic rings. The number of hydrogen-bond acceptors (Lipinski definition) is 5. The first-order valence-corrected chi connectivity index (χ1v) is 7.46. The minimum absolute atomic E-state index is 0.109. The number of nitrogens with zero attached hydrogens (tertiary/aromatic N) is 2. The van der Waals surface area contributed by atoms with Gasteiger partial charge >= 0.3 is 0 Å². The summed E-state index contributed by atoms with van der Waals surface area (Å²) in [5.41, 5.74) is 0.771. The van der Waals surface area contributed by atoms with Gasteiger partial charge in [-0.1, -0.05) is 29.3 Å². The molecule has 1 heterocycles. The molecule has 5 nitrogen and oxygen atoms in total. The number of methoxy groups -OCH3 is 1. The Hall–Kier alpha value is -2.24. The van der Waals surface area contributed by atoms with Crippen LogP contribution in [0.15, 0.2) is 46.9 Å². The Balaban J connectivity index is 1.72. The van der Waals surface area contributed by atoms with E-state index in [0.29, 0.717) is 33.3 Å². The molecule has 3 aromatic rings. The zero-order valence-electron chi connectivity index (χ0n) is 12.1. The molecule has 0 N–H and O–H groups in total. The molecule has 3 rings (SSSR count). The number of aromatic nitrogens is 2. The number of halogens is 2. The van der Waals surface area contributed by atoms with Gasteiger partial charge in [-0.3, -0.25) is 0 Å². The lowest BCUT2D eigenvalue weighted by atomic mass is 10.2. The Bertz CT molecular complexity index is 821. The molecular weight excluding hydrogens is 339 g/mol. The van der Waals surface area contributed by atoms with Crippen LogP contribution in [0.1, 0.15) is 5.89 Å². The highest BCUT2D eigenvalue weighted by Crippen LogP contribution is 2.28. The largest absolute Gasteiger partial charge is 0.497 e. The molecule has 0 unspecified atom stereocenters. The highest BCUT2D eigenvalue weighted by Gasteiger charge is 2.11. The second kappa shape index (κ2) is 6.89. The van der Waals surface area contributed by atoms with Gasteiger partial charge in [0.1, 0.15) is 11.5 Å². The maximum Gasteiger partial charge on any atom is 0.254 e. The van der Waals surface area contributed by atoms with Crippen LogP contribution in [-0.4, -0.2) is 17.3 Å². The molecule has 2 aromatic carbocycles. The summed E-state index contributed by atoms with van der Waals surface area (Å²) in [6, 6.07) is 12.3. The molecule has 0 fully saturated rings. The van der Waals surface area contributed by atoms with E-state index >= 15 is 0 Å². The average molecular weight is 351 g/mol. The van der Waals surface area contributed by atoms with E-state index in [-0.39, 0.29) is 6.61 Å². The molecule has 0 saturated carbocycles. The Labute approximate surface area is 142 Å². The standard InChI is InChI=1S/C16H12Cl2N2O3/c1-21-12-4-2-3-10(7-12)16-20-19-15(23-16)9-22-14-6-5-11(17)8-13(14)18/h2-8H,9H2,1H3. The van der Waals surface area contributed by atoms with E-state index in [9.17, 15) is 0 Å². The number of benzene rings is 2. The van der Waals surface area contributed by atoms with Crippen molar-refractivity contribution in [1.82, 2.24) is 10.2 Å². The molecule has 1 aromatic heterocycles. The van der Waals surface area contributed by atoms with Crippen molar-refractivity contribution in [2.45, 2.75) is 6.61 Å². The summed E-state index contributed by atoms with van der Waals surface area (Å²) >= 11 is 11.9. The van der Waals surface area contributed by atoms with Gasteiger partial charge in [0, 0.05) is 10.6 Å². The van der Waals surface area contributed by atoms with E-state index in [1.807, 2.05) is 24.3 Å². The Morgan fingerprint density at radius 2 is 1.96 bits per heavy atom. The topological polar surface area (TPSA) is 57.4 Å². The van der Waals surface area contributed by atoms with Crippen molar-refractivity contribution >= 4 is 23.2 Å². The van der Waals surface area contributed by atoms with Crippen molar-refractivity contribution in [2.24, 2.45) is 0 Å². The predicted molar refractivity (Wildman–Crippen MR) is 87.1 cm³/mol. The molecule has 118 valence electrons. The van der Waals surface area contributed by atoms with Crippen LogP contribution in [0.3, 0.4) is 0 Å². The lowest BCUT2D eigenvalue weighted by Crippen LogP contribution is -1.96. The van der Waals surface area contributed by atoms with Crippen molar-refractivity contribution in [3.63, 3.8) is 0 Å². The van der Waals surface area contributed by atoms with Crippen LogP contribution >= 0.6 is 23.2 Å². The molecule has 0 saturated heterocycles. The van der Waals surface area contributed by atoms with Gasteiger partial charge in [-0.15, -0.1) is 10.2 Å². The third-order valence-electron chi connectivity index (χ3n) is 3.03. The summed E-state index contributed by atoms with van der Waals surface area (Å²) in [7, 11) is 1.60. The van der Waals surface area contributed by atoms with Crippen LogP contribution in [-0.2, 0) is 6.61 Å². The monoisotopic (exact) mass is 350 g/mol. The molecule has 7 heteroatoms. The van der Waals surface area contributed by atoms with Crippen molar-refractivity contribution in [1.29, 1.82) is 0 Å². The van der Waals surface area contributed by atoms with Crippen molar-refractivity contribution < 1.29 is 13.9 Å². The van der Waals surface area contributed by atoms with Crippen LogP contribution in [0.2, 0.25) is 10.0 Å². The molecule has 0 aliphatic heterocycles. The SMILES string of the molecule is COc1cccc(-c2nnc(COc3ccc(Cl)cc3Cl)o2)c1. The quantitative estimate of drug-likeness (QED) is 0.671. The smallest absolute Gasteiger partial charge is 0.254 e. The van der Waals surface area contributed by atoms with Crippen LogP contribution in [0.4, 0.5) is 0 Å². The summed E-state index contributed by atoms with van der Waals surface area (Å²) in [5.74, 6) is 1.95. The summed E-state index contributed by atoms with van der Waals surface area (Å²) in [4.78, 5) is 0. The van der Waals surface area contributed by atoms with Gasteiger partial charge in [0.05, 0.1) is 12.1 Å². The molecular formula is C16H12Cl2N2O3. The first kappa shape index (κ1) is 15.6. The van der Waals surface area contributed by atoms with Crippen LogP contribution in [0, 0.1) is 0 Å². The van der Waals surface area contributed by atoms with E-state index in [1.54, 1.807) is 25.3 Å². The van der Waals surface area contributed by atoms with Gasteiger partial charge in [0.25, 0.3) is 5.89 Å². The van der Waals surface area contributed by atoms with E-state index in [4.69, 9.17) is 37.1 Å². The van der Waals surface area contributed by atoms with Crippen LogP contribution in [0.25, 0.3) is 11.5 Å². The molecule has 23 heavy (non-hydrogen) atoms. The summed E-state index contributed by atoms with van der Waals surface area (Å²) in [6.45, 7) is 0.109. The van der Waals surface area contributed by atoms with Gasteiger partial charge in [-0.25, -0.2) is 0 Å². The molecule has 0 spiro atoms. The Morgan fingerprint density at radius 3 is 2.74 bits per heavy atom. The van der Waals surface area contributed by atoms with Gasteiger partial charge in [0.2, 0.25) is 5.89 Å². The highest BCUT2D eigenvalue weighted by atomic mass is 35.5. The minimum Gasteiger partial charge on any atom is -0.497 e.